The Bertz CT molecular complexity index is 1560. The molecule has 43 heavy (non-hydrogen) atoms. The van der Waals surface area contributed by atoms with Crippen LogP contribution in [-0.4, -0.2) is 63.4 Å². The summed E-state index contributed by atoms with van der Waals surface area (Å²) in [6.07, 6.45) is 6.97. The number of hydrogen-bond donors (Lipinski definition) is 2. The molecule has 7 rings (SSSR count). The summed E-state index contributed by atoms with van der Waals surface area (Å²) in [6.45, 7) is 13.0. The van der Waals surface area contributed by atoms with Crippen molar-refractivity contribution in [2.45, 2.75) is 96.2 Å². The van der Waals surface area contributed by atoms with E-state index in [1.807, 2.05) is 53.7 Å². The molecule has 9 heteroatoms. The van der Waals surface area contributed by atoms with Gasteiger partial charge in [0.25, 0.3) is 0 Å². The number of carboxylic acids is 1. The monoisotopic (exact) mass is 592 g/mol. The maximum absolute atomic E-state index is 14.9. The maximum Gasteiger partial charge on any atom is 0.330 e. The molecular formula is C34H40O9. The predicted octanol–water partition coefficient (Wildman–Crippen LogP) is 5.22. The van der Waals surface area contributed by atoms with Crippen LogP contribution in [0.25, 0.3) is 6.08 Å². The number of carboxylic acid groups (broad SMARTS) is 1. The number of hydrogen-bond acceptors (Lipinski definition) is 8. The highest BCUT2D eigenvalue weighted by molar-refractivity contribution is 6.10. The number of aromatic hydroxyl groups is 1. The van der Waals surface area contributed by atoms with E-state index in [1.54, 1.807) is 6.08 Å². The van der Waals surface area contributed by atoms with Crippen molar-refractivity contribution >= 4 is 23.6 Å². The number of methoxy groups -OCH3 is 1. The zero-order chi connectivity index (χ0) is 31.4. The molecule has 3 aliphatic carbocycles. The van der Waals surface area contributed by atoms with Crippen molar-refractivity contribution in [2.75, 3.05) is 7.11 Å². The highest BCUT2D eigenvalue weighted by Crippen LogP contribution is 2.70. The Morgan fingerprint density at radius 3 is 2.42 bits per heavy atom. The van der Waals surface area contributed by atoms with Crippen LogP contribution in [-0.2, 0) is 25.5 Å². The van der Waals surface area contributed by atoms with Crippen molar-refractivity contribution in [2.24, 2.45) is 17.8 Å². The lowest BCUT2D eigenvalue weighted by Crippen LogP contribution is -2.80. The summed E-state index contributed by atoms with van der Waals surface area (Å²) >= 11 is 0. The Morgan fingerprint density at radius 2 is 1.79 bits per heavy atom. The second-order valence-electron chi connectivity index (χ2n) is 13.9. The summed E-state index contributed by atoms with van der Waals surface area (Å²) in [6, 6.07) is 0. The number of Topliss-reactive ketones (excluding diaryl/α,β-unsaturated/α-hetero) is 2. The molecule has 3 heterocycles. The fourth-order valence-corrected chi connectivity index (χ4v) is 8.31. The van der Waals surface area contributed by atoms with E-state index in [4.69, 9.17) is 18.9 Å². The van der Waals surface area contributed by atoms with Crippen LogP contribution >= 0.6 is 0 Å². The van der Waals surface area contributed by atoms with Crippen molar-refractivity contribution in [3.05, 3.63) is 46.1 Å². The number of benzene rings is 1. The number of aliphatic carboxylic acids is 1. The Morgan fingerprint density at radius 1 is 1.09 bits per heavy atom. The third kappa shape index (κ3) is 3.80. The zero-order valence-electron chi connectivity index (χ0n) is 26.0. The summed E-state index contributed by atoms with van der Waals surface area (Å²) < 4.78 is 26.2. The summed E-state index contributed by atoms with van der Waals surface area (Å²) in [5.74, 6) is -3.41. The van der Waals surface area contributed by atoms with Crippen LogP contribution in [0.2, 0.25) is 0 Å². The van der Waals surface area contributed by atoms with E-state index in [1.165, 1.54) is 20.1 Å². The van der Waals surface area contributed by atoms with Crippen molar-refractivity contribution in [1.82, 2.24) is 0 Å². The molecule has 9 nitrogen and oxygen atoms in total. The highest BCUT2D eigenvalue weighted by Gasteiger charge is 2.85. The highest BCUT2D eigenvalue weighted by atomic mass is 16.6. The van der Waals surface area contributed by atoms with Gasteiger partial charge in [-0.25, -0.2) is 4.79 Å². The lowest BCUT2D eigenvalue weighted by molar-refractivity contribution is -0.224. The summed E-state index contributed by atoms with van der Waals surface area (Å²) in [4.78, 5) is 41.2. The first-order valence-corrected chi connectivity index (χ1v) is 14.9. The van der Waals surface area contributed by atoms with Crippen molar-refractivity contribution in [3.63, 3.8) is 0 Å². The molecule has 0 aromatic heterocycles. The van der Waals surface area contributed by atoms with Crippen molar-refractivity contribution < 1.29 is 43.5 Å². The van der Waals surface area contributed by atoms with Gasteiger partial charge in [-0.15, -0.1) is 0 Å². The molecule has 2 N–H and O–H groups in total. The minimum atomic E-state index is -1.65. The second-order valence-corrected chi connectivity index (χ2v) is 13.9. The average Bonchev–Trinajstić information content (AvgIpc) is 3.06. The Labute approximate surface area is 251 Å². The van der Waals surface area contributed by atoms with E-state index in [0.717, 1.165) is 5.57 Å². The van der Waals surface area contributed by atoms with E-state index < -0.39 is 52.2 Å². The van der Waals surface area contributed by atoms with E-state index in [-0.39, 0.29) is 40.6 Å². The second kappa shape index (κ2) is 9.29. The normalized spacial score (nSPS) is 34.1. The largest absolute Gasteiger partial charge is 0.506 e. The molecule has 0 radical (unpaired) electrons. The number of phenolic OH excluding ortho intramolecular Hbond substituents is 1. The molecule has 1 saturated heterocycles. The SMILES string of the molecule is COC1C2CC3C(C)(C)OC(CC=C(C)C(=O)O)(C2=O)C32Oc3c(CC=C(C)C)c4c(c(O)c3C(=O)C12)C=CC(C)(C)O4. The molecule has 6 unspecified atom stereocenters. The molecule has 4 fully saturated rings. The van der Waals surface area contributed by atoms with Gasteiger partial charge >= 0.3 is 5.97 Å². The number of rotatable bonds is 6. The summed E-state index contributed by atoms with van der Waals surface area (Å²) in [5, 5.41) is 21.3. The molecule has 6 atom stereocenters. The number of ether oxygens (including phenoxy) is 4. The number of allylic oxidation sites excluding steroid dienone is 2. The average molecular weight is 593 g/mol. The van der Waals surface area contributed by atoms with Gasteiger partial charge in [0.2, 0.25) is 0 Å². The number of carbonyl (C=O) groups excluding carboxylic acids is 2. The van der Waals surface area contributed by atoms with Crippen LogP contribution in [0.4, 0.5) is 0 Å². The number of phenols is 1. The van der Waals surface area contributed by atoms with Crippen LogP contribution in [0.15, 0.2) is 29.4 Å². The van der Waals surface area contributed by atoms with E-state index in [9.17, 15) is 24.6 Å². The molecule has 3 aliphatic heterocycles. The van der Waals surface area contributed by atoms with E-state index in [2.05, 4.69) is 0 Å². The number of fused-ring (bicyclic) bond motifs is 2. The topological polar surface area (TPSA) is 129 Å². The fraction of sp³-hybridized carbons (Fsp3) is 0.559. The first kappa shape index (κ1) is 29.6. The van der Waals surface area contributed by atoms with Gasteiger partial charge in [-0.1, -0.05) is 17.7 Å². The molecule has 0 amide bonds. The van der Waals surface area contributed by atoms with Crippen LogP contribution in [0.1, 0.15) is 82.8 Å². The van der Waals surface area contributed by atoms with Gasteiger partial charge in [0.1, 0.15) is 28.4 Å². The lowest BCUT2D eigenvalue weighted by Gasteiger charge is -2.62. The van der Waals surface area contributed by atoms with Gasteiger partial charge in [0, 0.05) is 36.5 Å². The van der Waals surface area contributed by atoms with Gasteiger partial charge in [0.15, 0.2) is 22.8 Å². The number of carbonyl (C=O) groups is 3. The van der Waals surface area contributed by atoms with Gasteiger partial charge in [-0.05, 0) is 73.5 Å². The van der Waals surface area contributed by atoms with Crippen molar-refractivity contribution in [1.29, 1.82) is 0 Å². The van der Waals surface area contributed by atoms with Gasteiger partial charge in [-0.2, -0.15) is 0 Å². The smallest absolute Gasteiger partial charge is 0.330 e. The van der Waals surface area contributed by atoms with Gasteiger partial charge in [-0.3, -0.25) is 9.59 Å². The van der Waals surface area contributed by atoms with Crippen LogP contribution < -0.4 is 9.47 Å². The summed E-state index contributed by atoms with van der Waals surface area (Å²) in [5.41, 5.74) is -2.57. The van der Waals surface area contributed by atoms with Gasteiger partial charge in [0.05, 0.1) is 23.2 Å². The molecule has 1 aromatic carbocycles. The molecule has 6 aliphatic rings. The van der Waals surface area contributed by atoms with Crippen LogP contribution in [0.3, 0.4) is 0 Å². The zero-order valence-corrected chi connectivity index (χ0v) is 26.0. The van der Waals surface area contributed by atoms with Crippen molar-refractivity contribution in [3.8, 4) is 17.2 Å². The minimum absolute atomic E-state index is 0.0474. The molecular weight excluding hydrogens is 552 g/mol. The van der Waals surface area contributed by atoms with Crippen LogP contribution in [0, 0.1) is 17.8 Å². The van der Waals surface area contributed by atoms with E-state index >= 15 is 0 Å². The first-order valence-electron chi connectivity index (χ1n) is 14.9. The molecule has 1 aromatic rings. The fourth-order valence-electron chi connectivity index (χ4n) is 8.31. The van der Waals surface area contributed by atoms with Crippen LogP contribution in [0.5, 0.6) is 17.2 Å². The molecule has 1 spiro atoms. The molecule has 4 bridgehead atoms. The third-order valence-corrected chi connectivity index (χ3v) is 10.2. The Balaban J connectivity index is 1.68. The lowest BCUT2D eigenvalue weighted by atomic mass is 9.45. The standard InChI is InChI=1S/C34H40O9/c1-16(2)9-10-19-26-18(12-13-31(4,5)41-26)24(35)22-25(36)23-28(40-8)20-15-21-32(6,7)43-33(29(20)37,14-11-17(3)30(38)39)34(21,23)42-27(19)22/h9,11-13,20-21,23,28,35H,10,14-15H2,1-8H3,(H,38,39). The minimum Gasteiger partial charge on any atom is -0.506 e. The molecule has 3 saturated carbocycles. The van der Waals surface area contributed by atoms with Gasteiger partial charge < -0.3 is 29.2 Å². The quantitative estimate of drug-likeness (QED) is 0.338. The predicted molar refractivity (Wildman–Crippen MR) is 157 cm³/mol. The molecule has 230 valence electrons. The first-order chi connectivity index (χ1) is 20.0. The summed E-state index contributed by atoms with van der Waals surface area (Å²) in [7, 11) is 1.48. The Hall–Kier alpha value is -3.43. The Kier molecular flexibility index (Phi) is 6.40. The number of ketones is 2. The van der Waals surface area contributed by atoms with E-state index in [0.29, 0.717) is 29.7 Å². The third-order valence-electron chi connectivity index (χ3n) is 10.2. The maximum atomic E-state index is 14.9.